The van der Waals surface area contributed by atoms with Crippen LogP contribution in [-0.4, -0.2) is 22.5 Å². The Morgan fingerprint density at radius 3 is 2.59 bits per heavy atom. The smallest absolute Gasteiger partial charge is 0.258 e. The van der Waals surface area contributed by atoms with Gasteiger partial charge >= 0.3 is 0 Å². The Bertz CT molecular complexity index is 952. The largest absolute Gasteiger partial charge is 0.482 e. The van der Waals surface area contributed by atoms with E-state index in [2.05, 4.69) is 15.3 Å². The van der Waals surface area contributed by atoms with E-state index in [1.165, 1.54) is 24.5 Å². The molecule has 0 radical (unpaired) electrons. The van der Waals surface area contributed by atoms with E-state index in [-0.39, 0.29) is 24.9 Å². The lowest BCUT2D eigenvalue weighted by Crippen LogP contribution is -2.28. The molecule has 0 aliphatic heterocycles. The van der Waals surface area contributed by atoms with Crippen LogP contribution in [0.15, 0.2) is 54.9 Å². The number of amides is 1. The van der Waals surface area contributed by atoms with Crippen molar-refractivity contribution in [2.75, 3.05) is 6.61 Å². The van der Waals surface area contributed by atoms with Crippen LogP contribution in [0.4, 0.5) is 4.39 Å². The first kappa shape index (κ1) is 19.1. The molecule has 3 rings (SSSR count). The first-order valence-electron chi connectivity index (χ1n) is 7.92. The van der Waals surface area contributed by atoms with Crippen LogP contribution in [0.5, 0.6) is 5.75 Å². The summed E-state index contributed by atoms with van der Waals surface area (Å²) in [6.07, 6.45) is 1.39. The second-order valence-corrected chi connectivity index (χ2v) is 6.39. The van der Waals surface area contributed by atoms with Gasteiger partial charge in [-0.1, -0.05) is 23.2 Å². The van der Waals surface area contributed by atoms with Crippen LogP contribution < -0.4 is 10.1 Å². The number of halogens is 3. The fraction of sp³-hybridized carbons (Fsp3) is 0.105. The lowest BCUT2D eigenvalue weighted by Gasteiger charge is -2.09. The Balaban J connectivity index is 1.55. The quantitative estimate of drug-likeness (QED) is 0.664. The van der Waals surface area contributed by atoms with E-state index in [0.717, 1.165) is 5.56 Å². The van der Waals surface area contributed by atoms with Gasteiger partial charge in [0.1, 0.15) is 17.9 Å². The minimum absolute atomic E-state index is 0.197. The van der Waals surface area contributed by atoms with Crippen LogP contribution in [-0.2, 0) is 11.3 Å². The molecule has 0 fully saturated rings. The number of carbonyl (C=O) groups excluding carboxylic acids is 1. The lowest BCUT2D eigenvalue weighted by atomic mass is 10.1. The first-order valence-corrected chi connectivity index (χ1v) is 8.68. The third kappa shape index (κ3) is 5.39. The highest BCUT2D eigenvalue weighted by Gasteiger charge is 2.08. The van der Waals surface area contributed by atoms with E-state index in [1.54, 1.807) is 30.3 Å². The van der Waals surface area contributed by atoms with Gasteiger partial charge in [0.25, 0.3) is 5.91 Å². The summed E-state index contributed by atoms with van der Waals surface area (Å²) in [7, 11) is 0. The molecular weight excluding hydrogens is 392 g/mol. The maximum absolute atomic E-state index is 13.0. The summed E-state index contributed by atoms with van der Waals surface area (Å²) in [5.74, 6) is -0.277. The van der Waals surface area contributed by atoms with E-state index in [4.69, 9.17) is 27.9 Å². The molecule has 5 nitrogen and oxygen atoms in total. The Hall–Kier alpha value is -2.70. The number of nitrogens with zero attached hydrogens (tertiary/aromatic N) is 2. The maximum atomic E-state index is 13.0. The third-order valence-corrected chi connectivity index (χ3v) is 4.11. The molecule has 138 valence electrons. The number of benzene rings is 2. The standard InChI is InChI=1S/C19H14Cl2FN3O2/c20-13-3-6-18(16(21)7-13)27-10-19(26)23-9-15-8-17(25-11-24-15)12-1-4-14(22)5-2-12/h1-8,11H,9-10H2,(H,23,26). The molecule has 0 saturated carbocycles. The molecule has 27 heavy (non-hydrogen) atoms. The van der Waals surface area contributed by atoms with Gasteiger partial charge in [0, 0.05) is 10.6 Å². The molecule has 1 amide bonds. The minimum Gasteiger partial charge on any atom is -0.482 e. The van der Waals surface area contributed by atoms with Gasteiger partial charge in [0.2, 0.25) is 0 Å². The molecular formula is C19H14Cl2FN3O2. The minimum atomic E-state index is -0.331. The van der Waals surface area contributed by atoms with Crippen LogP contribution >= 0.6 is 23.2 Å². The van der Waals surface area contributed by atoms with Crippen LogP contribution in [0, 0.1) is 5.82 Å². The molecule has 2 aromatic carbocycles. The van der Waals surface area contributed by atoms with E-state index in [0.29, 0.717) is 27.2 Å². The average Bonchev–Trinajstić information content (AvgIpc) is 2.66. The highest BCUT2D eigenvalue weighted by atomic mass is 35.5. The third-order valence-electron chi connectivity index (χ3n) is 3.58. The fourth-order valence-electron chi connectivity index (χ4n) is 2.25. The molecule has 0 atom stereocenters. The molecule has 0 bridgehead atoms. The average molecular weight is 406 g/mol. The summed E-state index contributed by atoms with van der Waals surface area (Å²) in [5, 5.41) is 3.52. The van der Waals surface area contributed by atoms with Gasteiger partial charge in [0.15, 0.2) is 6.61 Å². The van der Waals surface area contributed by atoms with Gasteiger partial charge in [-0.15, -0.1) is 0 Å². The van der Waals surface area contributed by atoms with Gasteiger partial charge in [-0.05, 0) is 48.5 Å². The highest BCUT2D eigenvalue weighted by Crippen LogP contribution is 2.27. The first-order chi connectivity index (χ1) is 13.0. The van der Waals surface area contributed by atoms with Gasteiger partial charge < -0.3 is 10.1 Å². The second-order valence-electron chi connectivity index (χ2n) is 5.54. The van der Waals surface area contributed by atoms with Crippen molar-refractivity contribution in [1.82, 2.24) is 15.3 Å². The molecule has 8 heteroatoms. The summed E-state index contributed by atoms with van der Waals surface area (Å²) in [6.45, 7) is 0.00448. The number of carbonyl (C=O) groups is 1. The topological polar surface area (TPSA) is 64.1 Å². The molecule has 0 aliphatic rings. The molecule has 0 unspecified atom stereocenters. The molecule has 0 saturated heterocycles. The Labute approximate surface area is 165 Å². The SMILES string of the molecule is O=C(COc1ccc(Cl)cc1Cl)NCc1cc(-c2ccc(F)cc2)ncn1. The summed E-state index contributed by atoms with van der Waals surface area (Å²) < 4.78 is 18.4. The summed E-state index contributed by atoms with van der Waals surface area (Å²) >= 11 is 11.8. The number of ether oxygens (including phenoxy) is 1. The van der Waals surface area contributed by atoms with E-state index in [9.17, 15) is 9.18 Å². The molecule has 0 aliphatic carbocycles. The van der Waals surface area contributed by atoms with Crippen molar-refractivity contribution >= 4 is 29.1 Å². The molecule has 0 spiro atoms. The van der Waals surface area contributed by atoms with E-state index in [1.807, 2.05) is 0 Å². The highest BCUT2D eigenvalue weighted by molar-refractivity contribution is 6.35. The van der Waals surface area contributed by atoms with E-state index >= 15 is 0 Å². The Morgan fingerprint density at radius 1 is 1.07 bits per heavy atom. The van der Waals surface area contributed by atoms with Gasteiger partial charge in [0.05, 0.1) is 23.0 Å². The van der Waals surface area contributed by atoms with Crippen molar-refractivity contribution in [2.45, 2.75) is 6.54 Å². The monoisotopic (exact) mass is 405 g/mol. The second kappa shape index (κ2) is 8.79. The zero-order valence-electron chi connectivity index (χ0n) is 14.0. The summed E-state index contributed by atoms with van der Waals surface area (Å²) in [5.41, 5.74) is 2.01. The predicted octanol–water partition coefficient (Wildman–Crippen LogP) is 4.28. The number of nitrogens with one attached hydrogen (secondary N) is 1. The Kier molecular flexibility index (Phi) is 6.21. The summed E-state index contributed by atoms with van der Waals surface area (Å²) in [6, 6.07) is 12.5. The Morgan fingerprint density at radius 2 is 1.85 bits per heavy atom. The van der Waals surface area contributed by atoms with Crippen LogP contribution in [0.3, 0.4) is 0 Å². The van der Waals surface area contributed by atoms with Crippen molar-refractivity contribution in [3.05, 3.63) is 76.4 Å². The van der Waals surface area contributed by atoms with Crippen molar-refractivity contribution < 1.29 is 13.9 Å². The number of hydrogen-bond donors (Lipinski definition) is 1. The summed E-state index contributed by atoms with van der Waals surface area (Å²) in [4.78, 5) is 20.3. The van der Waals surface area contributed by atoms with E-state index < -0.39 is 0 Å². The van der Waals surface area contributed by atoms with Gasteiger partial charge in [-0.3, -0.25) is 4.79 Å². The molecule has 3 aromatic rings. The van der Waals surface area contributed by atoms with Crippen molar-refractivity contribution in [1.29, 1.82) is 0 Å². The van der Waals surface area contributed by atoms with Crippen molar-refractivity contribution in [3.63, 3.8) is 0 Å². The predicted molar refractivity (Wildman–Crippen MR) is 101 cm³/mol. The normalized spacial score (nSPS) is 10.5. The van der Waals surface area contributed by atoms with Gasteiger partial charge in [-0.25, -0.2) is 14.4 Å². The van der Waals surface area contributed by atoms with Gasteiger partial charge in [-0.2, -0.15) is 0 Å². The molecule has 1 N–H and O–H groups in total. The number of hydrogen-bond acceptors (Lipinski definition) is 4. The zero-order chi connectivity index (χ0) is 19.2. The van der Waals surface area contributed by atoms with Crippen molar-refractivity contribution in [3.8, 4) is 17.0 Å². The van der Waals surface area contributed by atoms with Crippen molar-refractivity contribution in [2.24, 2.45) is 0 Å². The molecule has 1 aromatic heterocycles. The number of rotatable bonds is 6. The van der Waals surface area contributed by atoms with Crippen LogP contribution in [0.25, 0.3) is 11.3 Å². The zero-order valence-corrected chi connectivity index (χ0v) is 15.5. The fourth-order valence-corrected chi connectivity index (χ4v) is 2.71. The number of aromatic nitrogens is 2. The molecule has 1 heterocycles. The maximum Gasteiger partial charge on any atom is 0.258 e. The van der Waals surface area contributed by atoms with Crippen LogP contribution in [0.1, 0.15) is 5.69 Å². The van der Waals surface area contributed by atoms with Crippen LogP contribution in [0.2, 0.25) is 10.0 Å². The lowest BCUT2D eigenvalue weighted by molar-refractivity contribution is -0.123.